The predicted octanol–water partition coefficient (Wildman–Crippen LogP) is 3.70. The Balaban J connectivity index is 2.48. The third-order valence-electron chi connectivity index (χ3n) is 2.08. The molecular formula is C11H7F3N2OS. The molecule has 1 heterocycles. The van der Waals surface area contributed by atoms with Gasteiger partial charge in [-0.3, -0.25) is 0 Å². The van der Waals surface area contributed by atoms with E-state index in [4.69, 9.17) is 12.2 Å². The van der Waals surface area contributed by atoms with Crippen LogP contribution in [0, 0.1) is 4.64 Å². The summed E-state index contributed by atoms with van der Waals surface area (Å²) in [5.41, 5.74) is 0.679. The van der Waals surface area contributed by atoms with E-state index >= 15 is 0 Å². The fourth-order valence-corrected chi connectivity index (χ4v) is 1.60. The minimum Gasteiger partial charge on any atom is -0.405 e. The van der Waals surface area contributed by atoms with Crippen LogP contribution in [0.2, 0.25) is 0 Å². The number of halogens is 3. The molecule has 1 aromatic carbocycles. The standard InChI is InChI=1S/C11H7F3N2OS/c12-11(13,14)17-9-4-2-1-3-7(9)8-5-10(18)16-6-15-8/h1-6H,(H,15,16,18). The number of H-pyrrole nitrogens is 1. The van der Waals surface area contributed by atoms with Crippen molar-refractivity contribution in [2.24, 2.45) is 0 Å². The lowest BCUT2D eigenvalue weighted by molar-refractivity contribution is -0.274. The highest BCUT2D eigenvalue weighted by Crippen LogP contribution is 2.32. The maximum atomic E-state index is 12.3. The monoisotopic (exact) mass is 272 g/mol. The van der Waals surface area contributed by atoms with Crippen LogP contribution in [0.25, 0.3) is 11.3 Å². The Morgan fingerprint density at radius 1 is 1.22 bits per heavy atom. The number of alkyl halides is 3. The third-order valence-corrected chi connectivity index (χ3v) is 2.31. The van der Waals surface area contributed by atoms with E-state index in [-0.39, 0.29) is 16.0 Å². The van der Waals surface area contributed by atoms with E-state index in [9.17, 15) is 13.2 Å². The van der Waals surface area contributed by atoms with Crippen molar-refractivity contribution < 1.29 is 17.9 Å². The minimum atomic E-state index is -4.74. The lowest BCUT2D eigenvalue weighted by Gasteiger charge is -2.12. The van der Waals surface area contributed by atoms with E-state index in [1.165, 1.54) is 30.6 Å². The molecule has 1 N–H and O–H groups in total. The van der Waals surface area contributed by atoms with Gasteiger partial charge in [-0.25, -0.2) is 4.98 Å². The Morgan fingerprint density at radius 3 is 2.61 bits per heavy atom. The maximum Gasteiger partial charge on any atom is 0.573 e. The number of para-hydroxylation sites is 1. The topological polar surface area (TPSA) is 37.9 Å². The van der Waals surface area contributed by atoms with Crippen molar-refractivity contribution in [3.63, 3.8) is 0 Å². The number of aromatic amines is 1. The molecule has 0 unspecified atom stereocenters. The van der Waals surface area contributed by atoms with Gasteiger partial charge in [-0.2, -0.15) is 0 Å². The second kappa shape index (κ2) is 4.77. The van der Waals surface area contributed by atoms with Crippen LogP contribution in [0.3, 0.4) is 0 Å². The summed E-state index contributed by atoms with van der Waals surface area (Å²) in [6.45, 7) is 0. The minimum absolute atomic E-state index is 0.267. The normalized spacial score (nSPS) is 11.3. The van der Waals surface area contributed by atoms with Crippen molar-refractivity contribution >= 4 is 12.2 Å². The number of benzene rings is 1. The van der Waals surface area contributed by atoms with E-state index in [0.717, 1.165) is 0 Å². The number of hydrogen-bond acceptors (Lipinski definition) is 3. The lowest BCUT2D eigenvalue weighted by atomic mass is 10.1. The van der Waals surface area contributed by atoms with E-state index in [1.54, 1.807) is 6.07 Å². The van der Waals surface area contributed by atoms with E-state index in [1.807, 2.05) is 0 Å². The number of nitrogens with zero attached hydrogens (tertiary/aromatic N) is 1. The second-order valence-electron chi connectivity index (χ2n) is 3.34. The van der Waals surface area contributed by atoms with Gasteiger partial charge in [0.25, 0.3) is 0 Å². The molecule has 0 fully saturated rings. The Morgan fingerprint density at radius 2 is 1.94 bits per heavy atom. The zero-order chi connectivity index (χ0) is 13.2. The summed E-state index contributed by atoms with van der Waals surface area (Å²) in [6, 6.07) is 7.27. The molecule has 1 aromatic heterocycles. The molecule has 18 heavy (non-hydrogen) atoms. The van der Waals surface area contributed by atoms with Gasteiger partial charge in [-0.15, -0.1) is 13.2 Å². The highest BCUT2D eigenvalue weighted by atomic mass is 32.1. The summed E-state index contributed by atoms with van der Waals surface area (Å²) in [4.78, 5) is 6.49. The lowest BCUT2D eigenvalue weighted by Crippen LogP contribution is -2.17. The van der Waals surface area contributed by atoms with Crippen LogP contribution in [0.5, 0.6) is 5.75 Å². The molecule has 7 heteroatoms. The number of hydrogen-bond donors (Lipinski definition) is 1. The Kier molecular flexibility index (Phi) is 3.33. The van der Waals surface area contributed by atoms with Crippen molar-refractivity contribution in [1.29, 1.82) is 0 Å². The van der Waals surface area contributed by atoms with Crippen LogP contribution >= 0.6 is 12.2 Å². The zero-order valence-corrected chi connectivity index (χ0v) is 9.68. The van der Waals surface area contributed by atoms with Gasteiger partial charge in [0.2, 0.25) is 0 Å². The third kappa shape index (κ3) is 3.07. The van der Waals surface area contributed by atoms with Crippen LogP contribution in [-0.2, 0) is 0 Å². The molecule has 0 spiro atoms. The van der Waals surface area contributed by atoms with Crippen molar-refractivity contribution in [3.05, 3.63) is 41.3 Å². The molecule has 0 saturated carbocycles. The quantitative estimate of drug-likeness (QED) is 0.847. The fraction of sp³-hybridized carbons (Fsp3) is 0.0909. The highest BCUT2D eigenvalue weighted by Gasteiger charge is 2.32. The van der Waals surface area contributed by atoms with Crippen LogP contribution in [0.4, 0.5) is 13.2 Å². The molecule has 0 amide bonds. The van der Waals surface area contributed by atoms with Gasteiger partial charge in [0, 0.05) is 5.56 Å². The summed E-state index contributed by atoms with van der Waals surface area (Å²) >= 11 is 4.86. The molecule has 0 aliphatic carbocycles. The summed E-state index contributed by atoms with van der Waals surface area (Å²) in [6.07, 6.45) is -3.41. The first-order valence-electron chi connectivity index (χ1n) is 4.85. The summed E-state index contributed by atoms with van der Waals surface area (Å²) in [5, 5.41) is 0. The van der Waals surface area contributed by atoms with Crippen molar-refractivity contribution in [1.82, 2.24) is 9.97 Å². The molecule has 0 saturated heterocycles. The predicted molar refractivity (Wildman–Crippen MR) is 61.5 cm³/mol. The Hall–Kier alpha value is -1.89. The second-order valence-corrected chi connectivity index (χ2v) is 3.76. The van der Waals surface area contributed by atoms with Crippen molar-refractivity contribution in [3.8, 4) is 17.0 Å². The van der Waals surface area contributed by atoms with Gasteiger partial charge < -0.3 is 9.72 Å². The zero-order valence-electron chi connectivity index (χ0n) is 8.86. The number of aromatic nitrogens is 2. The Bertz CT molecular complexity index is 609. The molecule has 2 aromatic rings. The van der Waals surface area contributed by atoms with Gasteiger partial charge in [0.05, 0.1) is 12.0 Å². The van der Waals surface area contributed by atoms with Crippen LogP contribution in [0.1, 0.15) is 0 Å². The van der Waals surface area contributed by atoms with Crippen LogP contribution < -0.4 is 4.74 Å². The van der Waals surface area contributed by atoms with Crippen LogP contribution in [0.15, 0.2) is 36.7 Å². The number of rotatable bonds is 2. The maximum absolute atomic E-state index is 12.3. The molecule has 0 bridgehead atoms. The van der Waals surface area contributed by atoms with Crippen molar-refractivity contribution in [2.75, 3.05) is 0 Å². The molecule has 0 atom stereocenters. The average Bonchev–Trinajstić information content (AvgIpc) is 2.27. The number of ether oxygens (including phenoxy) is 1. The first-order chi connectivity index (χ1) is 8.46. The fourth-order valence-electron chi connectivity index (χ4n) is 1.43. The van der Waals surface area contributed by atoms with Gasteiger partial charge >= 0.3 is 6.36 Å². The van der Waals surface area contributed by atoms with Crippen molar-refractivity contribution in [2.45, 2.75) is 6.36 Å². The van der Waals surface area contributed by atoms with E-state index < -0.39 is 6.36 Å². The molecule has 94 valence electrons. The molecular weight excluding hydrogens is 265 g/mol. The molecule has 0 aliphatic heterocycles. The summed E-state index contributed by atoms with van der Waals surface area (Å²) in [5.74, 6) is -0.290. The summed E-state index contributed by atoms with van der Waals surface area (Å²) in [7, 11) is 0. The molecule has 3 nitrogen and oxygen atoms in total. The first-order valence-corrected chi connectivity index (χ1v) is 5.26. The summed E-state index contributed by atoms with van der Waals surface area (Å²) < 4.78 is 41.0. The van der Waals surface area contributed by atoms with Gasteiger partial charge in [0.1, 0.15) is 10.4 Å². The first kappa shape index (κ1) is 12.6. The van der Waals surface area contributed by atoms with Gasteiger partial charge in [-0.05, 0) is 18.2 Å². The van der Waals surface area contributed by atoms with Crippen LogP contribution in [-0.4, -0.2) is 16.3 Å². The molecule has 2 rings (SSSR count). The molecule has 0 aliphatic rings. The van der Waals surface area contributed by atoms with E-state index in [2.05, 4.69) is 14.7 Å². The largest absolute Gasteiger partial charge is 0.573 e. The van der Waals surface area contributed by atoms with E-state index in [0.29, 0.717) is 5.69 Å². The number of nitrogens with one attached hydrogen (secondary N) is 1. The molecule has 0 radical (unpaired) electrons. The van der Waals surface area contributed by atoms with Gasteiger partial charge in [-0.1, -0.05) is 24.4 Å². The van der Waals surface area contributed by atoms with Gasteiger partial charge in [0.15, 0.2) is 0 Å². The Labute approximate surface area is 105 Å². The smallest absolute Gasteiger partial charge is 0.405 e. The average molecular weight is 272 g/mol. The highest BCUT2D eigenvalue weighted by molar-refractivity contribution is 7.71. The SMILES string of the molecule is FC(F)(F)Oc1ccccc1-c1cc(=S)nc[nH]1.